The van der Waals surface area contributed by atoms with Crippen molar-refractivity contribution < 1.29 is 4.79 Å². The Hall–Kier alpha value is -2.90. The van der Waals surface area contributed by atoms with E-state index in [-0.39, 0.29) is 24.3 Å². The molecule has 21 heavy (non-hydrogen) atoms. The van der Waals surface area contributed by atoms with Crippen LogP contribution in [0.15, 0.2) is 24.3 Å². The fourth-order valence-electron chi connectivity index (χ4n) is 2.08. The van der Waals surface area contributed by atoms with Gasteiger partial charge in [-0.15, -0.1) is 5.10 Å². The topological polar surface area (TPSA) is 125 Å². The van der Waals surface area contributed by atoms with Gasteiger partial charge in [-0.25, -0.2) is 4.98 Å². The van der Waals surface area contributed by atoms with Crippen molar-refractivity contribution in [3.05, 3.63) is 35.9 Å². The molecule has 3 aromatic rings. The van der Waals surface area contributed by atoms with Crippen LogP contribution in [0.5, 0.6) is 0 Å². The summed E-state index contributed by atoms with van der Waals surface area (Å²) in [6, 6.07) is 7.34. The van der Waals surface area contributed by atoms with Crippen molar-refractivity contribution in [2.75, 3.05) is 5.73 Å². The number of imidazole rings is 1. The Kier molecular flexibility index (Phi) is 3.27. The maximum absolute atomic E-state index is 12.0. The highest BCUT2D eigenvalue weighted by atomic mass is 16.1. The van der Waals surface area contributed by atoms with Crippen LogP contribution in [0.25, 0.3) is 11.0 Å². The molecule has 0 aliphatic carbocycles. The van der Waals surface area contributed by atoms with Gasteiger partial charge < -0.3 is 16.0 Å². The summed E-state index contributed by atoms with van der Waals surface area (Å²) in [6.45, 7) is 1.80. The number of carbonyl (C=O) groups excluding carboxylic acids is 1. The maximum atomic E-state index is 12.0. The number of benzene rings is 1. The predicted octanol–water partition coefficient (Wildman–Crippen LogP) is 0.683. The number of nitrogens with two attached hydrogens (primary N) is 1. The third-order valence-electron chi connectivity index (χ3n) is 3.07. The predicted molar refractivity (Wildman–Crippen MR) is 77.2 cm³/mol. The minimum absolute atomic E-state index is 0.156. The molecule has 8 nitrogen and oxygen atoms in total. The monoisotopic (exact) mass is 285 g/mol. The Morgan fingerprint density at radius 2 is 2.19 bits per heavy atom. The number of anilines is 1. The molecule has 0 radical (unpaired) electrons. The number of para-hydroxylation sites is 2. The number of rotatable bonds is 4. The second kappa shape index (κ2) is 5.23. The third kappa shape index (κ3) is 2.83. The van der Waals surface area contributed by atoms with Crippen LogP contribution in [-0.4, -0.2) is 31.1 Å². The Bertz CT molecular complexity index is 743. The first kappa shape index (κ1) is 13.1. The van der Waals surface area contributed by atoms with E-state index in [1.807, 2.05) is 24.3 Å². The van der Waals surface area contributed by atoms with Gasteiger partial charge in [-0.1, -0.05) is 12.1 Å². The first-order chi connectivity index (χ1) is 10.1. The molecule has 5 N–H and O–H groups in total. The number of nitrogens with one attached hydrogen (secondary N) is 3. The van der Waals surface area contributed by atoms with Gasteiger partial charge in [0.2, 0.25) is 11.9 Å². The Morgan fingerprint density at radius 1 is 1.38 bits per heavy atom. The second-order valence-electron chi connectivity index (χ2n) is 4.75. The van der Waals surface area contributed by atoms with E-state index in [0.717, 1.165) is 11.0 Å². The molecule has 0 unspecified atom stereocenters. The highest BCUT2D eigenvalue weighted by Gasteiger charge is 2.14. The molecule has 2 aromatic heterocycles. The summed E-state index contributed by atoms with van der Waals surface area (Å²) in [7, 11) is 0. The first-order valence-electron chi connectivity index (χ1n) is 6.52. The van der Waals surface area contributed by atoms with E-state index in [9.17, 15) is 4.79 Å². The van der Waals surface area contributed by atoms with E-state index in [0.29, 0.717) is 11.6 Å². The van der Waals surface area contributed by atoms with Crippen molar-refractivity contribution in [2.45, 2.75) is 19.4 Å². The lowest BCUT2D eigenvalue weighted by Gasteiger charge is -2.09. The van der Waals surface area contributed by atoms with Crippen LogP contribution in [0.1, 0.15) is 24.6 Å². The summed E-state index contributed by atoms with van der Waals surface area (Å²) in [5.41, 5.74) is 7.19. The molecule has 0 aliphatic heterocycles. The molecule has 0 spiro atoms. The number of amides is 1. The van der Waals surface area contributed by atoms with Gasteiger partial charge in [0, 0.05) is 0 Å². The standard InChI is InChI=1S/C13H15N7O/c1-7(12-18-13(14)20-19-12)15-11(21)6-10-16-8-4-2-3-5-9(8)17-10/h2-5,7H,6H2,1H3,(H,15,21)(H,16,17)(H3,14,18,19,20)/t7-/m1/s1. The number of carbonyl (C=O) groups is 1. The van der Waals surface area contributed by atoms with Gasteiger partial charge in [-0.2, -0.15) is 4.98 Å². The van der Waals surface area contributed by atoms with Crippen molar-refractivity contribution in [3.63, 3.8) is 0 Å². The van der Waals surface area contributed by atoms with Crippen LogP contribution < -0.4 is 11.1 Å². The number of hydrogen-bond donors (Lipinski definition) is 4. The van der Waals surface area contributed by atoms with E-state index in [4.69, 9.17) is 5.73 Å². The minimum Gasteiger partial charge on any atom is -0.367 e. The second-order valence-corrected chi connectivity index (χ2v) is 4.75. The zero-order chi connectivity index (χ0) is 14.8. The molecule has 0 saturated carbocycles. The molecule has 1 atom stereocenters. The number of nitrogen functional groups attached to an aromatic ring is 1. The molecule has 3 rings (SSSR count). The lowest BCUT2D eigenvalue weighted by atomic mass is 10.3. The van der Waals surface area contributed by atoms with Crippen LogP contribution in [0.3, 0.4) is 0 Å². The van der Waals surface area contributed by atoms with E-state index in [2.05, 4.69) is 30.5 Å². The van der Waals surface area contributed by atoms with Gasteiger partial charge in [0.05, 0.1) is 23.5 Å². The molecule has 108 valence electrons. The smallest absolute Gasteiger partial charge is 0.239 e. The number of fused-ring (bicyclic) bond motifs is 1. The van der Waals surface area contributed by atoms with E-state index < -0.39 is 0 Å². The van der Waals surface area contributed by atoms with Crippen LogP contribution in [0.4, 0.5) is 5.95 Å². The largest absolute Gasteiger partial charge is 0.367 e. The summed E-state index contributed by atoms with van der Waals surface area (Å²) >= 11 is 0. The molecular weight excluding hydrogens is 270 g/mol. The van der Waals surface area contributed by atoms with E-state index in [1.165, 1.54) is 0 Å². The number of hydrogen-bond acceptors (Lipinski definition) is 5. The van der Waals surface area contributed by atoms with Crippen LogP contribution in [0, 0.1) is 0 Å². The molecule has 0 aliphatic rings. The molecule has 8 heteroatoms. The number of nitrogens with zero attached hydrogens (tertiary/aromatic N) is 3. The number of aromatic amines is 2. The molecule has 0 bridgehead atoms. The molecule has 1 aromatic carbocycles. The zero-order valence-electron chi connectivity index (χ0n) is 11.4. The highest BCUT2D eigenvalue weighted by Crippen LogP contribution is 2.11. The Labute approximate surface area is 120 Å². The normalized spacial score (nSPS) is 12.4. The van der Waals surface area contributed by atoms with Crippen molar-refractivity contribution in [2.24, 2.45) is 0 Å². The fourth-order valence-corrected chi connectivity index (χ4v) is 2.08. The maximum Gasteiger partial charge on any atom is 0.239 e. The van der Waals surface area contributed by atoms with E-state index >= 15 is 0 Å². The van der Waals surface area contributed by atoms with Crippen molar-refractivity contribution >= 4 is 22.9 Å². The average molecular weight is 285 g/mol. The fraction of sp³-hybridized carbons (Fsp3) is 0.231. The molecule has 0 fully saturated rings. The van der Waals surface area contributed by atoms with Crippen LogP contribution >= 0.6 is 0 Å². The number of H-pyrrole nitrogens is 2. The molecule has 0 saturated heterocycles. The lowest BCUT2D eigenvalue weighted by molar-refractivity contribution is -0.121. The highest BCUT2D eigenvalue weighted by molar-refractivity contribution is 5.80. The van der Waals surface area contributed by atoms with Gasteiger partial charge in [-0.05, 0) is 19.1 Å². The van der Waals surface area contributed by atoms with Crippen molar-refractivity contribution in [3.8, 4) is 0 Å². The Morgan fingerprint density at radius 3 is 2.90 bits per heavy atom. The molecule has 2 heterocycles. The first-order valence-corrected chi connectivity index (χ1v) is 6.52. The summed E-state index contributed by atoms with van der Waals surface area (Å²) in [5.74, 6) is 1.14. The van der Waals surface area contributed by atoms with Gasteiger partial charge in [0.1, 0.15) is 11.6 Å². The quantitative estimate of drug-likeness (QED) is 0.561. The lowest BCUT2D eigenvalue weighted by Crippen LogP contribution is -2.29. The Balaban J connectivity index is 1.66. The molecular formula is C13H15N7O. The average Bonchev–Trinajstić information content (AvgIpc) is 3.03. The van der Waals surface area contributed by atoms with E-state index in [1.54, 1.807) is 6.92 Å². The zero-order valence-corrected chi connectivity index (χ0v) is 11.4. The van der Waals surface area contributed by atoms with Crippen molar-refractivity contribution in [1.29, 1.82) is 0 Å². The number of aromatic nitrogens is 5. The SMILES string of the molecule is C[C@@H](NC(=O)Cc1nc2ccccc2[nH]1)c1nc(N)n[nH]1. The van der Waals surface area contributed by atoms with Gasteiger partial charge in [0.25, 0.3) is 0 Å². The van der Waals surface area contributed by atoms with Crippen LogP contribution in [0.2, 0.25) is 0 Å². The van der Waals surface area contributed by atoms with Gasteiger partial charge in [-0.3, -0.25) is 9.89 Å². The summed E-state index contributed by atoms with van der Waals surface area (Å²) in [6.07, 6.45) is 0.169. The van der Waals surface area contributed by atoms with Crippen LogP contribution in [-0.2, 0) is 11.2 Å². The van der Waals surface area contributed by atoms with Crippen molar-refractivity contribution in [1.82, 2.24) is 30.5 Å². The molecule has 1 amide bonds. The van der Waals surface area contributed by atoms with Gasteiger partial charge >= 0.3 is 0 Å². The summed E-state index contributed by atoms with van der Waals surface area (Å²) < 4.78 is 0. The summed E-state index contributed by atoms with van der Waals surface area (Å²) in [5, 5.41) is 9.22. The minimum atomic E-state index is -0.299. The van der Waals surface area contributed by atoms with Gasteiger partial charge in [0.15, 0.2) is 0 Å². The summed E-state index contributed by atoms with van der Waals surface area (Å²) in [4.78, 5) is 23.5. The third-order valence-corrected chi connectivity index (χ3v) is 3.07.